The van der Waals surface area contributed by atoms with E-state index in [4.69, 9.17) is 0 Å². The number of halogens is 1. The van der Waals surface area contributed by atoms with Gasteiger partial charge in [-0.2, -0.15) is 0 Å². The first kappa shape index (κ1) is 12.6. The average Bonchev–Trinajstić information content (AvgIpc) is 2.27. The Labute approximate surface area is 102 Å². The van der Waals surface area contributed by atoms with Gasteiger partial charge < -0.3 is 4.74 Å². The first-order chi connectivity index (χ1) is 7.63. The third kappa shape index (κ3) is 3.98. The topological polar surface area (TPSA) is 43.4 Å². The predicted molar refractivity (Wildman–Crippen MR) is 64.2 cm³/mol. The molecule has 0 atom stereocenters. The number of ether oxygens (including phenoxy) is 1. The molecule has 0 amide bonds. The first-order valence-corrected chi connectivity index (χ1v) is 5.57. The molecule has 0 saturated heterocycles. The van der Waals surface area contributed by atoms with Gasteiger partial charge in [0, 0.05) is 16.1 Å². The smallest absolute Gasteiger partial charge is 0.330 e. The fourth-order valence-electron chi connectivity index (χ4n) is 1.04. The third-order valence-corrected chi connectivity index (χ3v) is 2.31. The Morgan fingerprint density at radius 1 is 1.25 bits per heavy atom. The Balaban J connectivity index is 2.65. The molecule has 0 fully saturated rings. The van der Waals surface area contributed by atoms with Crippen molar-refractivity contribution in [1.29, 1.82) is 0 Å². The maximum atomic E-state index is 11.6. The molecule has 0 unspecified atom stereocenters. The summed E-state index contributed by atoms with van der Waals surface area (Å²) in [5.74, 6) is -0.728. The van der Waals surface area contributed by atoms with Crippen LogP contribution in [0, 0.1) is 0 Å². The Morgan fingerprint density at radius 3 is 2.44 bits per heavy atom. The van der Waals surface area contributed by atoms with Crippen LogP contribution in [0.2, 0.25) is 0 Å². The van der Waals surface area contributed by atoms with E-state index in [9.17, 15) is 9.59 Å². The van der Waals surface area contributed by atoms with Gasteiger partial charge in [0.1, 0.15) is 0 Å². The molecule has 0 N–H and O–H groups in total. The van der Waals surface area contributed by atoms with E-state index < -0.39 is 5.97 Å². The summed E-state index contributed by atoms with van der Waals surface area (Å²) in [6, 6.07) is 6.90. The van der Waals surface area contributed by atoms with Crippen LogP contribution in [0.5, 0.6) is 0 Å². The molecule has 84 valence electrons. The maximum absolute atomic E-state index is 11.6. The van der Waals surface area contributed by atoms with Crippen LogP contribution in [-0.2, 0) is 9.53 Å². The molecule has 0 radical (unpaired) electrons. The largest absolute Gasteiger partial charge is 0.463 e. The van der Waals surface area contributed by atoms with E-state index >= 15 is 0 Å². The van der Waals surface area contributed by atoms with Gasteiger partial charge in [0.15, 0.2) is 5.78 Å². The highest BCUT2D eigenvalue weighted by molar-refractivity contribution is 9.10. The molecular weight excluding hydrogens is 272 g/mol. The molecule has 0 bridgehead atoms. The highest BCUT2D eigenvalue weighted by Gasteiger charge is 2.02. The molecule has 0 aliphatic heterocycles. The van der Waals surface area contributed by atoms with E-state index in [1.807, 2.05) is 0 Å². The lowest BCUT2D eigenvalue weighted by atomic mass is 10.1. The van der Waals surface area contributed by atoms with Crippen molar-refractivity contribution in [3.8, 4) is 0 Å². The molecule has 1 aromatic carbocycles. The quantitative estimate of drug-likeness (QED) is 0.485. The van der Waals surface area contributed by atoms with Crippen molar-refractivity contribution in [3.05, 3.63) is 46.5 Å². The fraction of sp³-hybridized carbons (Fsp3) is 0.167. The Kier molecular flexibility index (Phi) is 4.92. The Morgan fingerprint density at radius 2 is 1.88 bits per heavy atom. The molecule has 1 rings (SSSR count). The molecule has 1 aromatic rings. The zero-order valence-corrected chi connectivity index (χ0v) is 10.4. The summed E-state index contributed by atoms with van der Waals surface area (Å²) in [5.41, 5.74) is 0.531. The number of hydrogen-bond donors (Lipinski definition) is 0. The predicted octanol–water partition coefficient (Wildman–Crippen LogP) is 2.75. The number of rotatable bonds is 4. The number of ketones is 1. The normalized spacial score (nSPS) is 10.4. The second kappa shape index (κ2) is 6.23. The lowest BCUT2D eigenvalue weighted by Crippen LogP contribution is -2.01. The minimum atomic E-state index is -0.507. The van der Waals surface area contributed by atoms with Gasteiger partial charge >= 0.3 is 5.97 Å². The van der Waals surface area contributed by atoms with Gasteiger partial charge in [0.25, 0.3) is 0 Å². The van der Waals surface area contributed by atoms with E-state index in [2.05, 4.69) is 20.7 Å². The molecule has 4 heteroatoms. The lowest BCUT2D eigenvalue weighted by Gasteiger charge is -1.96. The van der Waals surface area contributed by atoms with Gasteiger partial charge in [-0.3, -0.25) is 4.79 Å². The van der Waals surface area contributed by atoms with E-state index in [1.165, 1.54) is 6.08 Å². The van der Waals surface area contributed by atoms with Crippen molar-refractivity contribution in [2.45, 2.75) is 6.92 Å². The van der Waals surface area contributed by atoms with Crippen LogP contribution >= 0.6 is 15.9 Å². The highest BCUT2D eigenvalue weighted by atomic mass is 79.9. The molecule has 0 heterocycles. The maximum Gasteiger partial charge on any atom is 0.330 e. The zero-order chi connectivity index (χ0) is 12.0. The summed E-state index contributed by atoms with van der Waals surface area (Å²) in [6.07, 6.45) is 2.34. The number of carbonyl (C=O) groups is 2. The highest BCUT2D eigenvalue weighted by Crippen LogP contribution is 2.11. The van der Waals surface area contributed by atoms with Crippen LogP contribution in [0.25, 0.3) is 0 Å². The van der Waals surface area contributed by atoms with Gasteiger partial charge in [-0.15, -0.1) is 0 Å². The molecule has 16 heavy (non-hydrogen) atoms. The summed E-state index contributed by atoms with van der Waals surface area (Å²) >= 11 is 3.27. The van der Waals surface area contributed by atoms with Crippen molar-refractivity contribution in [2.75, 3.05) is 6.61 Å². The average molecular weight is 283 g/mol. The van der Waals surface area contributed by atoms with E-state index in [0.717, 1.165) is 10.5 Å². The summed E-state index contributed by atoms with van der Waals surface area (Å²) in [6.45, 7) is 2.01. The minimum Gasteiger partial charge on any atom is -0.463 e. The van der Waals surface area contributed by atoms with Gasteiger partial charge in [-0.1, -0.05) is 15.9 Å². The second-order valence-corrected chi connectivity index (χ2v) is 3.87. The van der Waals surface area contributed by atoms with Crippen molar-refractivity contribution >= 4 is 27.7 Å². The van der Waals surface area contributed by atoms with Crippen molar-refractivity contribution in [2.24, 2.45) is 0 Å². The standard InChI is InChI=1S/C12H11BrO3/c1-2-16-12(15)8-7-11(14)9-3-5-10(13)6-4-9/h3-8H,2H2,1H3/b8-7+. The van der Waals surface area contributed by atoms with Crippen LogP contribution in [0.4, 0.5) is 0 Å². The van der Waals surface area contributed by atoms with Crippen LogP contribution in [0.3, 0.4) is 0 Å². The third-order valence-electron chi connectivity index (χ3n) is 1.79. The zero-order valence-electron chi connectivity index (χ0n) is 8.77. The summed E-state index contributed by atoms with van der Waals surface area (Å²) in [5, 5.41) is 0. The lowest BCUT2D eigenvalue weighted by molar-refractivity contribution is -0.137. The Bertz CT molecular complexity index is 407. The van der Waals surface area contributed by atoms with Crippen LogP contribution < -0.4 is 0 Å². The number of esters is 1. The summed E-state index contributed by atoms with van der Waals surface area (Å²) in [7, 11) is 0. The molecule has 0 saturated carbocycles. The van der Waals surface area contributed by atoms with Crippen molar-refractivity contribution in [3.63, 3.8) is 0 Å². The molecule has 0 aliphatic carbocycles. The van der Waals surface area contributed by atoms with E-state index in [1.54, 1.807) is 31.2 Å². The van der Waals surface area contributed by atoms with Crippen molar-refractivity contribution < 1.29 is 14.3 Å². The van der Waals surface area contributed by atoms with E-state index in [-0.39, 0.29) is 5.78 Å². The Hall–Kier alpha value is -1.42. The van der Waals surface area contributed by atoms with Crippen molar-refractivity contribution in [1.82, 2.24) is 0 Å². The number of allylic oxidation sites excluding steroid dienone is 1. The summed E-state index contributed by atoms with van der Waals surface area (Å²) < 4.78 is 5.56. The van der Waals surface area contributed by atoms with Crippen LogP contribution in [0.1, 0.15) is 17.3 Å². The minimum absolute atomic E-state index is 0.222. The number of hydrogen-bond acceptors (Lipinski definition) is 3. The fourth-order valence-corrected chi connectivity index (χ4v) is 1.31. The molecule has 3 nitrogen and oxygen atoms in total. The van der Waals surface area contributed by atoms with Gasteiger partial charge in [-0.25, -0.2) is 4.79 Å². The summed E-state index contributed by atoms with van der Waals surface area (Å²) in [4.78, 5) is 22.5. The molecule has 0 aliphatic rings. The first-order valence-electron chi connectivity index (χ1n) is 4.78. The van der Waals surface area contributed by atoms with Gasteiger partial charge in [0.05, 0.1) is 6.61 Å². The number of benzene rings is 1. The van der Waals surface area contributed by atoms with Gasteiger partial charge in [-0.05, 0) is 37.3 Å². The SMILES string of the molecule is CCOC(=O)/C=C/C(=O)c1ccc(Br)cc1. The van der Waals surface area contributed by atoms with Crippen LogP contribution in [-0.4, -0.2) is 18.4 Å². The molecule has 0 aromatic heterocycles. The second-order valence-electron chi connectivity index (χ2n) is 2.96. The molecular formula is C12H11BrO3. The molecule has 0 spiro atoms. The van der Waals surface area contributed by atoms with E-state index in [0.29, 0.717) is 12.2 Å². The van der Waals surface area contributed by atoms with Crippen LogP contribution in [0.15, 0.2) is 40.9 Å². The van der Waals surface area contributed by atoms with Gasteiger partial charge in [0.2, 0.25) is 0 Å². The number of carbonyl (C=O) groups excluding carboxylic acids is 2. The monoisotopic (exact) mass is 282 g/mol.